The van der Waals surface area contributed by atoms with Gasteiger partial charge in [-0.15, -0.1) is 0 Å². The number of H-pyrrole nitrogens is 1. The first kappa shape index (κ1) is 26.2. The largest absolute Gasteiger partial charge is 0.480 e. The molecule has 0 saturated carbocycles. The molecule has 12 nitrogen and oxygen atoms in total. The minimum atomic E-state index is -0.317. The average Bonchev–Trinajstić information content (AvgIpc) is 3.42. The molecule has 0 bridgehead atoms. The monoisotopic (exact) mass is 554 g/mol. The number of ether oxygens (including phenoxy) is 1. The van der Waals surface area contributed by atoms with E-state index >= 15 is 0 Å². The minimum absolute atomic E-state index is 0.216. The van der Waals surface area contributed by atoms with Crippen LogP contribution in [0.15, 0.2) is 53.7 Å². The molecule has 6 rings (SSSR count). The summed E-state index contributed by atoms with van der Waals surface area (Å²) < 4.78 is 5.22. The van der Waals surface area contributed by atoms with Crippen LogP contribution in [-0.4, -0.2) is 75.1 Å². The third kappa shape index (κ3) is 5.15. The van der Waals surface area contributed by atoms with Gasteiger partial charge in [-0.3, -0.25) is 9.78 Å². The number of hydrogen-bond donors (Lipinski definition) is 3. The molecule has 0 radical (unpaired) electrons. The molecule has 2 saturated heterocycles. The second-order valence-corrected chi connectivity index (χ2v) is 10.2. The first-order chi connectivity index (χ1) is 19.9. The van der Waals surface area contributed by atoms with E-state index in [9.17, 15) is 14.4 Å². The van der Waals surface area contributed by atoms with Gasteiger partial charge in [0.25, 0.3) is 5.56 Å². The normalized spacial score (nSPS) is 15.7. The summed E-state index contributed by atoms with van der Waals surface area (Å²) in [4.78, 5) is 56.6. The molecular formula is C29H30N8O4. The number of amides is 4. The lowest BCUT2D eigenvalue weighted by molar-refractivity contribution is 0.151. The molecular weight excluding hydrogens is 524 g/mol. The number of urea groups is 2. The van der Waals surface area contributed by atoms with E-state index in [0.29, 0.717) is 66.0 Å². The number of nitrogens with zero attached hydrogens (tertiary/aromatic N) is 5. The van der Waals surface area contributed by atoms with Crippen molar-refractivity contribution in [1.29, 1.82) is 0 Å². The number of hydrogen-bond acceptors (Lipinski definition) is 8. The van der Waals surface area contributed by atoms with Crippen molar-refractivity contribution < 1.29 is 14.3 Å². The number of fused-ring (bicyclic) bond motifs is 1. The highest BCUT2D eigenvalue weighted by Crippen LogP contribution is 2.33. The maximum atomic E-state index is 12.8. The molecule has 4 amide bonds. The zero-order valence-electron chi connectivity index (χ0n) is 22.8. The van der Waals surface area contributed by atoms with Gasteiger partial charge in [-0.05, 0) is 66.5 Å². The second-order valence-electron chi connectivity index (χ2n) is 10.2. The van der Waals surface area contributed by atoms with E-state index in [2.05, 4.69) is 38.6 Å². The van der Waals surface area contributed by atoms with Crippen LogP contribution in [0, 0.1) is 6.92 Å². The van der Waals surface area contributed by atoms with Gasteiger partial charge in [-0.2, -0.15) is 0 Å². The molecule has 1 aromatic carbocycles. The Morgan fingerprint density at radius 2 is 1.88 bits per heavy atom. The summed E-state index contributed by atoms with van der Waals surface area (Å²) in [5, 5.41) is 7.19. The molecule has 210 valence electrons. The van der Waals surface area contributed by atoms with Crippen LogP contribution in [0.5, 0.6) is 5.88 Å². The zero-order valence-corrected chi connectivity index (χ0v) is 22.8. The number of pyridine rings is 2. The molecule has 4 aromatic rings. The molecule has 2 aliphatic heterocycles. The number of nitrogens with one attached hydrogen (secondary N) is 3. The van der Waals surface area contributed by atoms with Gasteiger partial charge in [0.1, 0.15) is 11.5 Å². The number of rotatable bonds is 5. The topological polar surface area (TPSA) is 145 Å². The molecule has 0 aliphatic carbocycles. The Morgan fingerprint density at radius 1 is 1.05 bits per heavy atom. The minimum Gasteiger partial charge on any atom is -0.480 e. The van der Waals surface area contributed by atoms with E-state index in [1.807, 2.05) is 18.2 Å². The van der Waals surface area contributed by atoms with E-state index in [-0.39, 0.29) is 17.6 Å². The maximum Gasteiger partial charge on any atom is 0.328 e. The number of aromatic amines is 1. The Kier molecular flexibility index (Phi) is 6.96. The number of carbonyl (C=O) groups excluding carboxylic acids is 2. The Bertz CT molecular complexity index is 1700. The Morgan fingerprint density at radius 3 is 2.61 bits per heavy atom. The van der Waals surface area contributed by atoms with Crippen molar-refractivity contribution in [2.24, 2.45) is 0 Å². The van der Waals surface area contributed by atoms with Gasteiger partial charge in [-0.25, -0.2) is 24.5 Å². The smallest absolute Gasteiger partial charge is 0.328 e. The highest BCUT2D eigenvalue weighted by molar-refractivity contribution is 5.95. The van der Waals surface area contributed by atoms with Crippen molar-refractivity contribution >= 4 is 34.3 Å². The molecule has 3 N–H and O–H groups in total. The summed E-state index contributed by atoms with van der Waals surface area (Å²) >= 11 is 0. The molecule has 3 aromatic heterocycles. The summed E-state index contributed by atoms with van der Waals surface area (Å²) in [5.41, 5.74) is 3.95. The lowest BCUT2D eigenvalue weighted by Crippen LogP contribution is -2.47. The number of aryl methyl sites for hydroxylation is 1. The summed E-state index contributed by atoms with van der Waals surface area (Å²) in [6.45, 7) is 4.18. The molecule has 2 fully saturated rings. The van der Waals surface area contributed by atoms with Crippen LogP contribution in [0.4, 0.5) is 21.1 Å². The standard InChI is InChI=1S/C29H30N8O4/c1-17-13-20(3-4-21(17)18-6-10-36(11-7-18)29(40)37-12-9-32-28(37)39)33-26-25-19(5-8-31-27(25)38)14-22(35-26)23-15-30-16-24(34-23)41-2/h3-5,8,13-16,18H,6-7,9-12H2,1-2H3,(H,31,38)(H,32,39)(H,33,35). The van der Waals surface area contributed by atoms with Gasteiger partial charge in [0.2, 0.25) is 5.88 Å². The van der Waals surface area contributed by atoms with Crippen molar-refractivity contribution in [2.75, 3.05) is 38.6 Å². The Hall–Kier alpha value is -5.00. The number of carbonyl (C=O) groups is 2. The van der Waals surface area contributed by atoms with Gasteiger partial charge in [0.15, 0.2) is 0 Å². The molecule has 12 heteroatoms. The quantitative estimate of drug-likeness (QED) is 0.338. The Balaban J connectivity index is 1.23. The molecule has 0 spiro atoms. The number of imide groups is 1. The van der Waals surface area contributed by atoms with E-state index in [1.165, 1.54) is 23.8 Å². The summed E-state index contributed by atoms with van der Waals surface area (Å²) in [6, 6.07) is 9.22. The number of anilines is 2. The highest BCUT2D eigenvalue weighted by atomic mass is 16.5. The SMILES string of the molecule is COc1cncc(-c2cc3cc[nH]c(=O)c3c(Nc3ccc(C4CCN(C(=O)N5CCNC5=O)CC4)c(C)c3)n2)n1. The highest BCUT2D eigenvalue weighted by Gasteiger charge is 2.32. The number of benzene rings is 1. The van der Waals surface area contributed by atoms with Crippen LogP contribution < -0.4 is 20.9 Å². The van der Waals surface area contributed by atoms with Crippen LogP contribution in [0.25, 0.3) is 22.2 Å². The van der Waals surface area contributed by atoms with Crippen molar-refractivity contribution in [3.05, 3.63) is 70.4 Å². The van der Waals surface area contributed by atoms with Gasteiger partial charge in [0, 0.05) is 38.1 Å². The van der Waals surface area contributed by atoms with E-state index in [1.54, 1.807) is 23.4 Å². The fourth-order valence-corrected chi connectivity index (χ4v) is 5.56. The van der Waals surface area contributed by atoms with Crippen LogP contribution >= 0.6 is 0 Å². The first-order valence-corrected chi connectivity index (χ1v) is 13.5. The van der Waals surface area contributed by atoms with Crippen LogP contribution in [0.1, 0.15) is 29.9 Å². The molecule has 41 heavy (non-hydrogen) atoms. The summed E-state index contributed by atoms with van der Waals surface area (Å²) in [7, 11) is 1.53. The maximum absolute atomic E-state index is 12.8. The van der Waals surface area contributed by atoms with Crippen LogP contribution in [0.2, 0.25) is 0 Å². The fraction of sp³-hybridized carbons (Fsp3) is 0.310. The predicted octanol–water partition coefficient (Wildman–Crippen LogP) is 3.77. The van der Waals surface area contributed by atoms with Crippen molar-refractivity contribution in [3.63, 3.8) is 0 Å². The number of piperidine rings is 1. The molecule has 0 unspecified atom stereocenters. The molecule has 0 atom stereocenters. The third-order valence-electron chi connectivity index (χ3n) is 7.66. The average molecular weight is 555 g/mol. The molecule has 2 aliphatic rings. The summed E-state index contributed by atoms with van der Waals surface area (Å²) in [6.07, 6.45) is 6.37. The summed E-state index contributed by atoms with van der Waals surface area (Å²) in [5.74, 6) is 1.08. The van der Waals surface area contributed by atoms with Crippen molar-refractivity contribution in [1.82, 2.24) is 35.1 Å². The van der Waals surface area contributed by atoms with Crippen LogP contribution in [0.3, 0.4) is 0 Å². The lowest BCUT2D eigenvalue weighted by Gasteiger charge is -2.34. The number of aromatic nitrogens is 4. The first-order valence-electron chi connectivity index (χ1n) is 13.5. The van der Waals surface area contributed by atoms with Crippen LogP contribution in [-0.2, 0) is 0 Å². The van der Waals surface area contributed by atoms with Gasteiger partial charge >= 0.3 is 12.1 Å². The van der Waals surface area contributed by atoms with E-state index in [0.717, 1.165) is 24.1 Å². The lowest BCUT2D eigenvalue weighted by atomic mass is 9.86. The Labute approximate surface area is 235 Å². The van der Waals surface area contributed by atoms with Crippen molar-refractivity contribution in [2.45, 2.75) is 25.7 Å². The fourth-order valence-electron chi connectivity index (χ4n) is 5.56. The number of methoxy groups -OCH3 is 1. The molecule has 5 heterocycles. The van der Waals surface area contributed by atoms with Gasteiger partial charge < -0.3 is 25.3 Å². The predicted molar refractivity (Wildman–Crippen MR) is 153 cm³/mol. The zero-order chi connectivity index (χ0) is 28.5. The second kappa shape index (κ2) is 10.9. The number of likely N-dealkylation sites (tertiary alicyclic amines) is 1. The van der Waals surface area contributed by atoms with Gasteiger partial charge in [-0.1, -0.05) is 6.07 Å². The van der Waals surface area contributed by atoms with E-state index in [4.69, 9.17) is 9.72 Å². The van der Waals surface area contributed by atoms with E-state index < -0.39 is 0 Å². The third-order valence-corrected chi connectivity index (χ3v) is 7.66. The van der Waals surface area contributed by atoms with Gasteiger partial charge in [0.05, 0.1) is 30.6 Å². The van der Waals surface area contributed by atoms with Crippen molar-refractivity contribution in [3.8, 4) is 17.3 Å².